The molecule has 0 aliphatic carbocycles. The Kier molecular flexibility index (Phi) is 5.28. The monoisotopic (exact) mass is 296 g/mol. The molecule has 0 aliphatic rings. The van der Waals surface area contributed by atoms with E-state index >= 15 is 0 Å². The zero-order chi connectivity index (χ0) is 10.6. The van der Waals surface area contributed by atoms with Crippen molar-refractivity contribution in [1.29, 1.82) is 0 Å². The summed E-state index contributed by atoms with van der Waals surface area (Å²) in [4.78, 5) is 0. The standard InChI is InChI=1S/C10H11BrClFS/c1-7(5-12)14-6-8-3-2-4-9(13)10(8)11/h2-4,7H,5-6H2,1H3. The average molecular weight is 298 g/mol. The van der Waals surface area contributed by atoms with Crippen molar-refractivity contribution in [2.75, 3.05) is 5.88 Å². The molecule has 78 valence electrons. The third-order valence-electron chi connectivity index (χ3n) is 1.77. The number of thioether (sulfide) groups is 1. The molecule has 0 amide bonds. The lowest BCUT2D eigenvalue weighted by Gasteiger charge is -2.08. The Bertz CT molecular complexity index is 306. The van der Waals surface area contributed by atoms with Crippen molar-refractivity contribution in [1.82, 2.24) is 0 Å². The molecule has 0 nitrogen and oxygen atoms in total. The van der Waals surface area contributed by atoms with Gasteiger partial charge in [0, 0.05) is 16.9 Å². The highest BCUT2D eigenvalue weighted by Crippen LogP contribution is 2.26. The summed E-state index contributed by atoms with van der Waals surface area (Å²) in [6, 6.07) is 5.09. The quantitative estimate of drug-likeness (QED) is 0.740. The van der Waals surface area contributed by atoms with Crippen LogP contribution in [0.1, 0.15) is 12.5 Å². The van der Waals surface area contributed by atoms with Crippen molar-refractivity contribution < 1.29 is 4.39 Å². The molecule has 1 aromatic rings. The van der Waals surface area contributed by atoms with Crippen molar-refractivity contribution in [2.24, 2.45) is 0 Å². The third-order valence-corrected chi connectivity index (χ3v) is 4.52. The first-order chi connectivity index (χ1) is 6.65. The molecular formula is C10H11BrClFS. The topological polar surface area (TPSA) is 0 Å². The van der Waals surface area contributed by atoms with Gasteiger partial charge in [-0.2, -0.15) is 11.8 Å². The zero-order valence-electron chi connectivity index (χ0n) is 7.77. The predicted octanol–water partition coefficient (Wildman–Crippen LogP) is 4.45. The van der Waals surface area contributed by atoms with E-state index in [9.17, 15) is 4.39 Å². The molecule has 1 aromatic carbocycles. The molecule has 0 aromatic heterocycles. The lowest BCUT2D eigenvalue weighted by molar-refractivity contribution is 0.619. The number of hydrogen-bond donors (Lipinski definition) is 0. The number of benzene rings is 1. The minimum Gasteiger partial charge on any atom is -0.206 e. The van der Waals surface area contributed by atoms with Crippen LogP contribution in [0.15, 0.2) is 22.7 Å². The van der Waals surface area contributed by atoms with Gasteiger partial charge in [-0.3, -0.25) is 0 Å². The van der Waals surface area contributed by atoms with Crippen LogP contribution in [-0.4, -0.2) is 11.1 Å². The second-order valence-electron chi connectivity index (χ2n) is 2.99. The molecule has 0 N–H and O–H groups in total. The smallest absolute Gasteiger partial charge is 0.137 e. The first-order valence-electron chi connectivity index (χ1n) is 4.25. The van der Waals surface area contributed by atoms with Gasteiger partial charge in [0.1, 0.15) is 5.82 Å². The summed E-state index contributed by atoms with van der Waals surface area (Å²) in [5.74, 6) is 1.20. The van der Waals surface area contributed by atoms with Gasteiger partial charge in [0.15, 0.2) is 0 Å². The van der Waals surface area contributed by atoms with E-state index in [0.29, 0.717) is 15.6 Å². The first kappa shape index (κ1) is 12.3. The summed E-state index contributed by atoms with van der Waals surface area (Å²) >= 11 is 10.6. The van der Waals surface area contributed by atoms with Crippen molar-refractivity contribution in [3.63, 3.8) is 0 Å². The van der Waals surface area contributed by atoms with Gasteiger partial charge in [0.25, 0.3) is 0 Å². The lowest BCUT2D eigenvalue weighted by Crippen LogP contribution is -1.98. The molecule has 4 heteroatoms. The summed E-state index contributed by atoms with van der Waals surface area (Å²) in [6.07, 6.45) is 0. The lowest BCUT2D eigenvalue weighted by atomic mass is 10.2. The van der Waals surface area contributed by atoms with E-state index in [1.54, 1.807) is 17.8 Å². The number of hydrogen-bond acceptors (Lipinski definition) is 1. The fourth-order valence-electron chi connectivity index (χ4n) is 0.937. The molecule has 0 fully saturated rings. The average Bonchev–Trinajstić information content (AvgIpc) is 2.20. The fraction of sp³-hybridized carbons (Fsp3) is 0.400. The molecule has 0 saturated carbocycles. The molecule has 14 heavy (non-hydrogen) atoms. The number of halogens is 3. The largest absolute Gasteiger partial charge is 0.206 e. The van der Waals surface area contributed by atoms with Crippen LogP contribution in [0.2, 0.25) is 0 Å². The van der Waals surface area contributed by atoms with Gasteiger partial charge >= 0.3 is 0 Å². The van der Waals surface area contributed by atoms with Crippen LogP contribution in [0.4, 0.5) is 4.39 Å². The highest BCUT2D eigenvalue weighted by Gasteiger charge is 2.07. The Morgan fingerprint density at radius 1 is 1.57 bits per heavy atom. The third kappa shape index (κ3) is 3.44. The van der Waals surface area contributed by atoms with Crippen molar-refractivity contribution in [2.45, 2.75) is 17.9 Å². The van der Waals surface area contributed by atoms with Crippen LogP contribution >= 0.6 is 39.3 Å². The van der Waals surface area contributed by atoms with Crippen molar-refractivity contribution >= 4 is 39.3 Å². The second-order valence-corrected chi connectivity index (χ2v) is 5.52. The molecule has 1 unspecified atom stereocenters. The molecular weight excluding hydrogens is 287 g/mol. The van der Waals surface area contributed by atoms with E-state index in [1.165, 1.54) is 6.07 Å². The predicted molar refractivity (Wildman–Crippen MR) is 65.6 cm³/mol. The van der Waals surface area contributed by atoms with Gasteiger partial charge in [-0.25, -0.2) is 4.39 Å². The summed E-state index contributed by atoms with van der Waals surface area (Å²) in [5, 5.41) is 0.395. The van der Waals surface area contributed by atoms with Gasteiger partial charge in [0.05, 0.1) is 4.47 Å². The molecule has 0 spiro atoms. The highest BCUT2D eigenvalue weighted by molar-refractivity contribution is 9.10. The Morgan fingerprint density at radius 2 is 2.29 bits per heavy atom. The molecule has 1 atom stereocenters. The Balaban J connectivity index is 2.63. The maximum absolute atomic E-state index is 13.1. The maximum atomic E-state index is 13.1. The summed E-state index contributed by atoms with van der Waals surface area (Å²) in [7, 11) is 0. The first-order valence-corrected chi connectivity index (χ1v) is 6.63. The van der Waals surface area contributed by atoms with E-state index in [4.69, 9.17) is 11.6 Å². The Hall–Kier alpha value is 0.270. The van der Waals surface area contributed by atoms with E-state index in [1.807, 2.05) is 6.07 Å². The Morgan fingerprint density at radius 3 is 2.93 bits per heavy atom. The zero-order valence-corrected chi connectivity index (χ0v) is 10.9. The summed E-state index contributed by atoms with van der Waals surface area (Å²) in [6.45, 7) is 2.06. The fourth-order valence-corrected chi connectivity index (χ4v) is 2.59. The minimum atomic E-state index is -0.207. The van der Waals surface area contributed by atoms with Crippen LogP contribution in [-0.2, 0) is 5.75 Å². The van der Waals surface area contributed by atoms with E-state index in [-0.39, 0.29) is 5.82 Å². The SMILES string of the molecule is CC(CCl)SCc1cccc(F)c1Br. The van der Waals surface area contributed by atoms with Gasteiger partial charge < -0.3 is 0 Å². The van der Waals surface area contributed by atoms with Crippen LogP contribution in [0.5, 0.6) is 0 Å². The van der Waals surface area contributed by atoms with Crippen LogP contribution in [0, 0.1) is 5.82 Å². The number of alkyl halides is 1. The van der Waals surface area contributed by atoms with Crippen LogP contribution in [0.25, 0.3) is 0 Å². The number of rotatable bonds is 4. The van der Waals surface area contributed by atoms with Crippen LogP contribution in [0.3, 0.4) is 0 Å². The van der Waals surface area contributed by atoms with Crippen molar-refractivity contribution in [3.8, 4) is 0 Å². The van der Waals surface area contributed by atoms with Gasteiger partial charge in [-0.05, 0) is 27.6 Å². The molecule has 1 rings (SSSR count). The van der Waals surface area contributed by atoms with E-state index < -0.39 is 0 Å². The Labute approximate surface area is 101 Å². The second kappa shape index (κ2) is 5.99. The molecule has 0 aliphatic heterocycles. The molecule has 0 bridgehead atoms. The van der Waals surface area contributed by atoms with E-state index in [2.05, 4.69) is 22.9 Å². The summed E-state index contributed by atoms with van der Waals surface area (Å²) in [5.41, 5.74) is 0.979. The van der Waals surface area contributed by atoms with Gasteiger partial charge in [-0.15, -0.1) is 11.6 Å². The summed E-state index contributed by atoms with van der Waals surface area (Å²) < 4.78 is 13.7. The van der Waals surface area contributed by atoms with Crippen molar-refractivity contribution in [3.05, 3.63) is 34.1 Å². The van der Waals surface area contributed by atoms with Crippen LogP contribution < -0.4 is 0 Å². The van der Waals surface area contributed by atoms with Gasteiger partial charge in [-0.1, -0.05) is 19.1 Å². The van der Waals surface area contributed by atoms with Gasteiger partial charge in [0.2, 0.25) is 0 Å². The normalized spacial score (nSPS) is 12.9. The molecule has 0 saturated heterocycles. The molecule has 0 radical (unpaired) electrons. The van der Waals surface area contributed by atoms with E-state index in [0.717, 1.165) is 11.3 Å². The molecule has 0 heterocycles. The minimum absolute atomic E-state index is 0.207. The highest BCUT2D eigenvalue weighted by atomic mass is 79.9. The maximum Gasteiger partial charge on any atom is 0.137 e.